The fourth-order valence-electron chi connectivity index (χ4n) is 3.39. The van der Waals surface area contributed by atoms with Gasteiger partial charge >= 0.3 is 6.18 Å². The second-order valence-corrected chi connectivity index (χ2v) is 6.27. The molecule has 110 valence electrons. The first-order valence-corrected chi connectivity index (χ1v) is 6.74. The average Bonchev–Trinajstić information content (AvgIpc) is 2.79. The van der Waals surface area contributed by atoms with Gasteiger partial charge in [0, 0.05) is 18.6 Å². The summed E-state index contributed by atoms with van der Waals surface area (Å²) in [6.45, 7) is 6.56. The summed E-state index contributed by atoms with van der Waals surface area (Å²) >= 11 is 0. The fraction of sp³-hybridized carbons (Fsp3) is 0.923. The lowest BCUT2D eigenvalue weighted by atomic mass is 9.86. The summed E-state index contributed by atoms with van der Waals surface area (Å²) in [5, 5.41) is 3.13. The Bertz CT molecular complexity index is 367. The zero-order chi connectivity index (χ0) is 14.4. The maximum Gasteiger partial charge on any atom is 0.394 e. The van der Waals surface area contributed by atoms with Crippen LogP contribution in [0.5, 0.6) is 0 Å². The molecule has 0 aromatic rings. The van der Waals surface area contributed by atoms with Gasteiger partial charge in [0.2, 0.25) is 5.91 Å². The van der Waals surface area contributed by atoms with Crippen LogP contribution in [0.25, 0.3) is 0 Å². The predicted octanol–water partition coefficient (Wildman–Crippen LogP) is 2.03. The quantitative estimate of drug-likeness (QED) is 0.796. The number of nitrogens with zero attached hydrogens (tertiary/aromatic N) is 1. The van der Waals surface area contributed by atoms with Gasteiger partial charge in [-0.3, -0.25) is 4.79 Å². The Labute approximate surface area is 111 Å². The minimum absolute atomic E-state index is 0.0107. The molecule has 2 rings (SSSR count). The summed E-state index contributed by atoms with van der Waals surface area (Å²) in [5.74, 6) is -1.55. The first-order chi connectivity index (χ1) is 8.65. The van der Waals surface area contributed by atoms with Crippen LogP contribution in [0.1, 0.15) is 27.2 Å². The Balaban J connectivity index is 2.16. The van der Waals surface area contributed by atoms with Crippen molar-refractivity contribution >= 4 is 5.91 Å². The zero-order valence-electron chi connectivity index (χ0n) is 11.5. The van der Waals surface area contributed by atoms with E-state index in [1.807, 2.05) is 6.92 Å². The van der Waals surface area contributed by atoms with Crippen LogP contribution in [0.3, 0.4) is 0 Å². The van der Waals surface area contributed by atoms with E-state index in [1.54, 1.807) is 0 Å². The van der Waals surface area contributed by atoms with Crippen molar-refractivity contribution in [3.63, 3.8) is 0 Å². The van der Waals surface area contributed by atoms with Gasteiger partial charge in [-0.2, -0.15) is 13.2 Å². The first kappa shape index (κ1) is 14.6. The Kier molecular flexibility index (Phi) is 3.58. The van der Waals surface area contributed by atoms with Gasteiger partial charge in [0.25, 0.3) is 0 Å². The van der Waals surface area contributed by atoms with E-state index in [0.717, 1.165) is 6.54 Å². The van der Waals surface area contributed by atoms with Crippen LogP contribution in [-0.4, -0.2) is 42.2 Å². The molecule has 19 heavy (non-hydrogen) atoms. The maximum atomic E-state index is 13.0. The smallest absolute Gasteiger partial charge is 0.337 e. The Morgan fingerprint density at radius 3 is 2.37 bits per heavy atom. The highest BCUT2D eigenvalue weighted by molar-refractivity contribution is 5.81. The van der Waals surface area contributed by atoms with Gasteiger partial charge in [0.15, 0.2) is 0 Å². The number of carbonyl (C=O) groups is 1. The van der Waals surface area contributed by atoms with Crippen molar-refractivity contribution in [3.8, 4) is 0 Å². The van der Waals surface area contributed by atoms with E-state index in [-0.39, 0.29) is 30.7 Å². The maximum absolute atomic E-state index is 13.0. The van der Waals surface area contributed by atoms with Crippen molar-refractivity contribution in [2.45, 2.75) is 38.9 Å². The minimum atomic E-state index is -4.24. The first-order valence-electron chi connectivity index (χ1n) is 6.74. The van der Waals surface area contributed by atoms with Crippen molar-refractivity contribution in [2.75, 3.05) is 19.6 Å². The molecule has 1 amide bonds. The molecule has 3 nitrogen and oxygen atoms in total. The van der Waals surface area contributed by atoms with Crippen LogP contribution >= 0.6 is 0 Å². The molecule has 2 aliphatic rings. The molecule has 1 unspecified atom stereocenters. The molecule has 6 heteroatoms. The summed E-state index contributed by atoms with van der Waals surface area (Å²) in [7, 11) is 0. The van der Waals surface area contributed by atoms with E-state index in [2.05, 4.69) is 5.32 Å². The SMILES string of the molecule is C[C@@H]1CNC[C@H]1C(=O)N1CCC(C(F)(F)F)C1(C)C. The fourth-order valence-corrected chi connectivity index (χ4v) is 3.39. The summed E-state index contributed by atoms with van der Waals surface area (Å²) in [4.78, 5) is 13.9. The molecule has 0 radical (unpaired) electrons. The van der Waals surface area contributed by atoms with Crippen molar-refractivity contribution in [1.29, 1.82) is 0 Å². The highest BCUT2D eigenvalue weighted by atomic mass is 19.4. The lowest BCUT2D eigenvalue weighted by Gasteiger charge is -2.38. The highest BCUT2D eigenvalue weighted by Crippen LogP contribution is 2.45. The van der Waals surface area contributed by atoms with E-state index >= 15 is 0 Å². The topological polar surface area (TPSA) is 32.3 Å². The molecule has 2 saturated heterocycles. The number of nitrogens with one attached hydrogen (secondary N) is 1. The minimum Gasteiger partial charge on any atom is -0.337 e. The van der Waals surface area contributed by atoms with E-state index in [0.29, 0.717) is 6.54 Å². The molecule has 0 saturated carbocycles. The average molecular weight is 278 g/mol. The number of halogens is 3. The molecule has 1 N–H and O–H groups in total. The number of rotatable bonds is 1. The largest absolute Gasteiger partial charge is 0.394 e. The predicted molar refractivity (Wildman–Crippen MR) is 65.5 cm³/mol. The molecule has 2 aliphatic heterocycles. The number of amides is 1. The zero-order valence-corrected chi connectivity index (χ0v) is 11.5. The number of hydrogen-bond acceptors (Lipinski definition) is 2. The molecular weight excluding hydrogens is 257 g/mol. The van der Waals surface area contributed by atoms with E-state index < -0.39 is 17.6 Å². The van der Waals surface area contributed by atoms with Crippen LogP contribution in [0.2, 0.25) is 0 Å². The lowest BCUT2D eigenvalue weighted by molar-refractivity contribution is -0.192. The monoisotopic (exact) mass is 278 g/mol. The van der Waals surface area contributed by atoms with Crippen LogP contribution in [0, 0.1) is 17.8 Å². The molecule has 3 atom stereocenters. The molecule has 0 aliphatic carbocycles. The number of carbonyl (C=O) groups excluding carboxylic acids is 1. The molecule has 0 aromatic carbocycles. The van der Waals surface area contributed by atoms with Crippen LogP contribution in [0.15, 0.2) is 0 Å². The van der Waals surface area contributed by atoms with Crippen LogP contribution < -0.4 is 5.32 Å². The van der Waals surface area contributed by atoms with Gasteiger partial charge < -0.3 is 10.2 Å². The van der Waals surface area contributed by atoms with Crippen molar-refractivity contribution < 1.29 is 18.0 Å². The van der Waals surface area contributed by atoms with Crippen LogP contribution in [-0.2, 0) is 4.79 Å². The number of likely N-dealkylation sites (tertiary alicyclic amines) is 1. The van der Waals surface area contributed by atoms with Crippen molar-refractivity contribution in [2.24, 2.45) is 17.8 Å². The van der Waals surface area contributed by atoms with E-state index in [4.69, 9.17) is 0 Å². The Morgan fingerprint density at radius 1 is 1.32 bits per heavy atom. The van der Waals surface area contributed by atoms with E-state index in [1.165, 1.54) is 18.7 Å². The summed E-state index contributed by atoms with van der Waals surface area (Å²) in [6.07, 6.45) is -4.23. The lowest BCUT2D eigenvalue weighted by Crippen LogP contribution is -2.52. The second kappa shape index (κ2) is 4.65. The van der Waals surface area contributed by atoms with Crippen molar-refractivity contribution in [3.05, 3.63) is 0 Å². The molecular formula is C13H21F3N2O. The summed E-state index contributed by atoms with van der Waals surface area (Å²) < 4.78 is 39.0. The van der Waals surface area contributed by atoms with Gasteiger partial charge in [-0.15, -0.1) is 0 Å². The molecule has 2 fully saturated rings. The standard InChI is InChI=1S/C13H21F3N2O/c1-8-6-17-7-9(8)11(19)18-5-4-10(12(18,2)3)13(14,15)16/h8-10,17H,4-7H2,1-3H3/t8-,9-,10?/m1/s1. The summed E-state index contributed by atoms with van der Waals surface area (Å²) in [6, 6.07) is 0. The van der Waals surface area contributed by atoms with Crippen LogP contribution in [0.4, 0.5) is 13.2 Å². The Hall–Kier alpha value is -0.780. The third-order valence-electron chi connectivity index (χ3n) is 4.69. The third-order valence-corrected chi connectivity index (χ3v) is 4.69. The van der Waals surface area contributed by atoms with Gasteiger partial charge in [0.05, 0.1) is 11.8 Å². The molecule has 0 aromatic heterocycles. The van der Waals surface area contributed by atoms with Gasteiger partial charge in [-0.1, -0.05) is 6.92 Å². The third kappa shape index (κ3) is 2.47. The number of alkyl halides is 3. The van der Waals surface area contributed by atoms with Crippen molar-refractivity contribution in [1.82, 2.24) is 10.2 Å². The highest BCUT2D eigenvalue weighted by Gasteiger charge is 2.57. The Morgan fingerprint density at radius 2 is 1.95 bits per heavy atom. The second-order valence-electron chi connectivity index (χ2n) is 6.27. The molecule has 2 heterocycles. The summed E-state index contributed by atoms with van der Waals surface area (Å²) in [5.41, 5.74) is -1.14. The number of hydrogen-bond donors (Lipinski definition) is 1. The molecule has 0 bridgehead atoms. The normalized spacial score (nSPS) is 34.8. The van der Waals surface area contributed by atoms with Gasteiger partial charge in [0.1, 0.15) is 0 Å². The van der Waals surface area contributed by atoms with Gasteiger partial charge in [-0.25, -0.2) is 0 Å². The molecule has 0 spiro atoms. The van der Waals surface area contributed by atoms with Gasteiger partial charge in [-0.05, 0) is 32.7 Å². The van der Waals surface area contributed by atoms with E-state index in [9.17, 15) is 18.0 Å².